The Morgan fingerprint density at radius 2 is 1.83 bits per heavy atom. The fraction of sp³-hybridized carbons (Fsp3) is 0.750. The van der Waals surface area contributed by atoms with E-state index in [-0.39, 0.29) is 12.2 Å². The first-order valence-electron chi connectivity index (χ1n) is 7.14. The maximum atomic E-state index is 6.01. The van der Waals surface area contributed by atoms with Crippen LogP contribution in [-0.2, 0) is 9.47 Å². The van der Waals surface area contributed by atoms with Crippen LogP contribution in [0.25, 0.3) is 0 Å². The molecule has 5 atom stereocenters. The van der Waals surface area contributed by atoms with Crippen molar-refractivity contribution in [3.05, 3.63) is 24.3 Å². The van der Waals surface area contributed by atoms with E-state index in [4.69, 9.17) is 9.47 Å². The molecule has 2 heterocycles. The molecular weight excluding hydrogens is 224 g/mol. The zero-order valence-corrected chi connectivity index (χ0v) is 11.9. The highest BCUT2D eigenvalue weighted by molar-refractivity contribution is 5.10. The van der Waals surface area contributed by atoms with Crippen LogP contribution >= 0.6 is 0 Å². The quantitative estimate of drug-likeness (QED) is 0.708. The van der Waals surface area contributed by atoms with E-state index in [2.05, 4.69) is 33.9 Å². The van der Waals surface area contributed by atoms with Gasteiger partial charge in [-0.2, -0.15) is 0 Å². The Hall–Kier alpha value is -0.600. The molecule has 2 fully saturated rings. The fourth-order valence-corrected chi connectivity index (χ4v) is 3.10. The average molecular weight is 250 g/mol. The number of hydrogen-bond donors (Lipinski definition) is 0. The topological polar surface area (TPSA) is 18.5 Å². The van der Waals surface area contributed by atoms with Gasteiger partial charge in [0.2, 0.25) is 0 Å². The summed E-state index contributed by atoms with van der Waals surface area (Å²) in [5.41, 5.74) is 2.49. The fourth-order valence-electron chi connectivity index (χ4n) is 3.10. The summed E-state index contributed by atoms with van der Waals surface area (Å²) in [7, 11) is 0. The molecule has 1 unspecified atom stereocenters. The normalized spacial score (nSPS) is 41.4. The van der Waals surface area contributed by atoms with Crippen molar-refractivity contribution in [3.8, 4) is 0 Å². The van der Waals surface area contributed by atoms with Gasteiger partial charge < -0.3 is 9.47 Å². The molecule has 0 aromatic heterocycles. The van der Waals surface area contributed by atoms with Gasteiger partial charge in [-0.3, -0.25) is 0 Å². The molecule has 0 saturated carbocycles. The van der Waals surface area contributed by atoms with Crippen molar-refractivity contribution in [2.45, 2.75) is 70.9 Å². The predicted octanol–water partition coefficient (Wildman–Crippen LogP) is 3.87. The van der Waals surface area contributed by atoms with Gasteiger partial charge in [-0.05, 0) is 56.6 Å². The number of rotatable bonds is 3. The molecular formula is C16H26O2. The van der Waals surface area contributed by atoms with Crippen molar-refractivity contribution in [1.29, 1.82) is 0 Å². The molecule has 2 saturated heterocycles. The second-order valence-electron chi connectivity index (χ2n) is 5.99. The molecule has 0 amide bonds. The van der Waals surface area contributed by atoms with Crippen LogP contribution in [0.4, 0.5) is 0 Å². The Morgan fingerprint density at radius 1 is 1.11 bits per heavy atom. The van der Waals surface area contributed by atoms with Crippen molar-refractivity contribution in [3.63, 3.8) is 0 Å². The Bertz CT molecular complexity index is 320. The molecule has 0 N–H and O–H groups in total. The zero-order valence-electron chi connectivity index (χ0n) is 11.9. The third kappa shape index (κ3) is 3.04. The van der Waals surface area contributed by atoms with E-state index < -0.39 is 0 Å². The largest absolute Gasteiger partial charge is 0.371 e. The van der Waals surface area contributed by atoms with Crippen LogP contribution in [0, 0.1) is 5.92 Å². The Balaban J connectivity index is 1.80. The minimum atomic E-state index is 0.199. The maximum absolute atomic E-state index is 6.01. The van der Waals surface area contributed by atoms with Gasteiger partial charge in [0.25, 0.3) is 0 Å². The van der Waals surface area contributed by atoms with Gasteiger partial charge in [0.1, 0.15) is 0 Å². The highest BCUT2D eigenvalue weighted by Gasteiger charge is 2.30. The first-order chi connectivity index (χ1) is 8.47. The van der Waals surface area contributed by atoms with Crippen molar-refractivity contribution in [1.82, 2.24) is 0 Å². The van der Waals surface area contributed by atoms with Crippen molar-refractivity contribution in [2.24, 2.45) is 5.92 Å². The summed E-state index contributed by atoms with van der Waals surface area (Å²) in [4.78, 5) is 0. The van der Waals surface area contributed by atoms with Crippen molar-refractivity contribution >= 4 is 0 Å². The summed E-state index contributed by atoms with van der Waals surface area (Å²) in [6.45, 7) is 14.7. The lowest BCUT2D eigenvalue weighted by atomic mass is 9.87. The van der Waals surface area contributed by atoms with Gasteiger partial charge >= 0.3 is 0 Å². The Morgan fingerprint density at radius 3 is 2.39 bits per heavy atom. The number of ether oxygens (including phenoxy) is 2. The van der Waals surface area contributed by atoms with Gasteiger partial charge in [-0.15, -0.1) is 0 Å². The van der Waals surface area contributed by atoms with Crippen LogP contribution in [0.3, 0.4) is 0 Å². The van der Waals surface area contributed by atoms with E-state index in [0.29, 0.717) is 18.1 Å². The summed E-state index contributed by atoms with van der Waals surface area (Å²) >= 11 is 0. The molecule has 2 rings (SSSR count). The molecule has 0 aromatic rings. The Kier molecular flexibility index (Phi) is 4.29. The van der Waals surface area contributed by atoms with Gasteiger partial charge in [0.15, 0.2) is 0 Å². The lowest BCUT2D eigenvalue weighted by molar-refractivity contribution is -0.0361. The van der Waals surface area contributed by atoms with Gasteiger partial charge in [0, 0.05) is 0 Å². The lowest BCUT2D eigenvalue weighted by Crippen LogP contribution is -2.32. The highest BCUT2D eigenvalue weighted by Crippen LogP contribution is 2.33. The third-order valence-electron chi connectivity index (χ3n) is 4.32. The second kappa shape index (κ2) is 5.58. The molecule has 18 heavy (non-hydrogen) atoms. The predicted molar refractivity (Wildman–Crippen MR) is 74.6 cm³/mol. The molecule has 2 aliphatic heterocycles. The third-order valence-corrected chi connectivity index (χ3v) is 4.32. The molecule has 102 valence electrons. The molecule has 2 heteroatoms. The number of hydrogen-bond acceptors (Lipinski definition) is 2. The van der Waals surface area contributed by atoms with Gasteiger partial charge in [-0.1, -0.05) is 20.1 Å². The van der Waals surface area contributed by atoms with E-state index in [1.165, 1.54) is 11.1 Å². The van der Waals surface area contributed by atoms with E-state index in [1.807, 2.05) is 0 Å². The van der Waals surface area contributed by atoms with Crippen LogP contribution in [-0.4, -0.2) is 24.4 Å². The van der Waals surface area contributed by atoms with Crippen LogP contribution < -0.4 is 0 Å². The molecule has 0 radical (unpaired) electrons. The monoisotopic (exact) mass is 250 g/mol. The SMILES string of the molecule is C=C1C[C@H](C)OC1CC[C@H]1C[C@@H](C)C(=C)[C@@H](C)O1. The smallest absolute Gasteiger partial charge is 0.0788 e. The minimum absolute atomic E-state index is 0.199. The summed E-state index contributed by atoms with van der Waals surface area (Å²) in [6.07, 6.45) is 5.36. The minimum Gasteiger partial charge on any atom is -0.371 e. The van der Waals surface area contributed by atoms with E-state index >= 15 is 0 Å². The Labute approximate surface area is 111 Å². The second-order valence-corrected chi connectivity index (χ2v) is 5.99. The highest BCUT2D eigenvalue weighted by atomic mass is 16.5. The standard InChI is InChI=1S/C16H26O2/c1-10-9-15(18-14(5)13(10)4)6-7-16-11(2)8-12(3)17-16/h10,12,14-16H,2,4,6-9H2,1,3,5H3/t10-,12+,14-,15+,16?/m1/s1. The molecule has 0 spiro atoms. The summed E-state index contributed by atoms with van der Waals surface area (Å²) in [5, 5.41) is 0. The first-order valence-corrected chi connectivity index (χ1v) is 7.14. The molecule has 0 aromatic carbocycles. The molecule has 2 nitrogen and oxygen atoms in total. The summed E-state index contributed by atoms with van der Waals surface area (Å²) < 4.78 is 11.9. The molecule has 2 aliphatic rings. The van der Waals surface area contributed by atoms with Gasteiger partial charge in [-0.25, -0.2) is 0 Å². The molecule has 0 bridgehead atoms. The van der Waals surface area contributed by atoms with Crippen molar-refractivity contribution in [2.75, 3.05) is 0 Å². The maximum Gasteiger partial charge on any atom is 0.0788 e. The zero-order chi connectivity index (χ0) is 13.3. The van der Waals surface area contributed by atoms with E-state index in [9.17, 15) is 0 Å². The first kappa shape index (κ1) is 13.8. The van der Waals surface area contributed by atoms with Gasteiger partial charge in [0.05, 0.1) is 24.4 Å². The van der Waals surface area contributed by atoms with Crippen molar-refractivity contribution < 1.29 is 9.47 Å². The van der Waals surface area contributed by atoms with Crippen LogP contribution in [0.2, 0.25) is 0 Å². The van der Waals surface area contributed by atoms with E-state index in [0.717, 1.165) is 25.7 Å². The van der Waals surface area contributed by atoms with E-state index in [1.54, 1.807) is 0 Å². The summed E-state index contributed by atoms with van der Waals surface area (Å²) in [6, 6.07) is 0. The summed E-state index contributed by atoms with van der Waals surface area (Å²) in [5.74, 6) is 0.574. The van der Waals surface area contributed by atoms with Crippen LogP contribution in [0.15, 0.2) is 24.3 Å². The molecule has 0 aliphatic carbocycles. The van der Waals surface area contributed by atoms with Crippen LogP contribution in [0.5, 0.6) is 0 Å². The lowest BCUT2D eigenvalue weighted by Gasteiger charge is -2.34. The van der Waals surface area contributed by atoms with Crippen LogP contribution in [0.1, 0.15) is 46.5 Å². The average Bonchev–Trinajstić information content (AvgIpc) is 2.62.